The van der Waals surface area contributed by atoms with Crippen LogP contribution in [0.25, 0.3) is 0 Å². The van der Waals surface area contributed by atoms with Gasteiger partial charge in [0, 0.05) is 32.9 Å². The molecule has 0 saturated carbocycles. The summed E-state index contributed by atoms with van der Waals surface area (Å²) in [5, 5.41) is 3.11. The predicted octanol–water partition coefficient (Wildman–Crippen LogP) is -1.72. The fraction of sp³-hybridized carbons (Fsp3) is 1.00. The van der Waals surface area contributed by atoms with Crippen LogP contribution in [0, 0.1) is 0 Å². The number of hydrogen-bond acceptors (Lipinski definition) is 6. The average molecular weight is 300 g/mol. The standard InChI is InChI=1S/C9H20N2O5S2/c1-11(8-9-7-10-3-4-16-9)18(14,15)6-5-17(2,12)13/h9-10H,3-8H2,1-2H3. The molecule has 18 heavy (non-hydrogen) atoms. The highest BCUT2D eigenvalue weighted by atomic mass is 32.2. The Balaban J connectivity index is 2.50. The van der Waals surface area contributed by atoms with Gasteiger partial charge in [-0.1, -0.05) is 0 Å². The van der Waals surface area contributed by atoms with Gasteiger partial charge in [-0.15, -0.1) is 0 Å². The molecule has 1 heterocycles. The average Bonchev–Trinajstić information content (AvgIpc) is 2.27. The maximum atomic E-state index is 11.8. The molecule has 0 spiro atoms. The minimum absolute atomic E-state index is 0.184. The molecule has 1 unspecified atom stereocenters. The molecule has 0 aliphatic carbocycles. The number of likely N-dealkylation sites (N-methyl/N-ethyl adjacent to an activating group) is 1. The van der Waals surface area contributed by atoms with Crippen molar-refractivity contribution < 1.29 is 21.6 Å². The quantitative estimate of drug-likeness (QED) is 0.627. The van der Waals surface area contributed by atoms with Gasteiger partial charge >= 0.3 is 0 Å². The van der Waals surface area contributed by atoms with E-state index in [9.17, 15) is 16.8 Å². The van der Waals surface area contributed by atoms with Crippen LogP contribution in [0.2, 0.25) is 0 Å². The lowest BCUT2D eigenvalue weighted by atomic mass is 10.3. The number of nitrogens with one attached hydrogen (secondary N) is 1. The maximum absolute atomic E-state index is 11.8. The number of nitrogens with zero attached hydrogens (tertiary/aromatic N) is 1. The zero-order valence-electron chi connectivity index (χ0n) is 10.6. The molecule has 1 atom stereocenters. The largest absolute Gasteiger partial charge is 0.374 e. The predicted molar refractivity (Wildman–Crippen MR) is 68.7 cm³/mol. The summed E-state index contributed by atoms with van der Waals surface area (Å²) in [4.78, 5) is 0. The zero-order chi connectivity index (χ0) is 13.8. The Bertz CT molecular complexity index is 453. The maximum Gasteiger partial charge on any atom is 0.214 e. The van der Waals surface area contributed by atoms with E-state index in [4.69, 9.17) is 4.74 Å². The molecule has 1 aliphatic heterocycles. The van der Waals surface area contributed by atoms with Gasteiger partial charge in [-0.3, -0.25) is 0 Å². The van der Waals surface area contributed by atoms with Crippen LogP contribution in [-0.4, -0.2) is 78.3 Å². The van der Waals surface area contributed by atoms with E-state index in [2.05, 4.69) is 5.32 Å². The molecule has 0 aromatic heterocycles. The SMILES string of the molecule is CN(CC1CNCCO1)S(=O)(=O)CCS(C)(=O)=O. The van der Waals surface area contributed by atoms with Crippen molar-refractivity contribution in [1.82, 2.24) is 9.62 Å². The van der Waals surface area contributed by atoms with Crippen molar-refractivity contribution in [2.75, 3.05) is 51.1 Å². The van der Waals surface area contributed by atoms with E-state index in [1.165, 1.54) is 7.05 Å². The van der Waals surface area contributed by atoms with Crippen LogP contribution in [0.4, 0.5) is 0 Å². The van der Waals surface area contributed by atoms with Gasteiger partial charge in [-0.2, -0.15) is 0 Å². The summed E-state index contributed by atoms with van der Waals surface area (Å²) >= 11 is 0. The lowest BCUT2D eigenvalue weighted by Crippen LogP contribution is -2.46. The minimum Gasteiger partial charge on any atom is -0.374 e. The Morgan fingerprint density at radius 1 is 1.28 bits per heavy atom. The number of ether oxygens (including phenoxy) is 1. The van der Waals surface area contributed by atoms with E-state index in [1.54, 1.807) is 0 Å². The van der Waals surface area contributed by atoms with Crippen LogP contribution in [0.1, 0.15) is 0 Å². The lowest BCUT2D eigenvalue weighted by Gasteiger charge is -2.27. The van der Waals surface area contributed by atoms with Gasteiger partial charge in [0.25, 0.3) is 0 Å². The molecule has 1 aliphatic rings. The summed E-state index contributed by atoms with van der Waals surface area (Å²) in [5.74, 6) is -0.744. The number of sulfonamides is 1. The smallest absolute Gasteiger partial charge is 0.214 e. The van der Waals surface area contributed by atoms with Crippen LogP contribution in [0.3, 0.4) is 0 Å². The monoisotopic (exact) mass is 300 g/mol. The van der Waals surface area contributed by atoms with Crippen molar-refractivity contribution in [1.29, 1.82) is 0 Å². The molecule has 9 heteroatoms. The number of rotatable bonds is 6. The molecule has 1 saturated heterocycles. The molecule has 108 valence electrons. The molecule has 1 rings (SSSR count). The molecular formula is C9H20N2O5S2. The zero-order valence-corrected chi connectivity index (χ0v) is 12.3. The number of hydrogen-bond donors (Lipinski definition) is 1. The van der Waals surface area contributed by atoms with Crippen molar-refractivity contribution >= 4 is 19.9 Å². The fourth-order valence-electron chi connectivity index (χ4n) is 1.55. The van der Waals surface area contributed by atoms with Crippen molar-refractivity contribution in [3.63, 3.8) is 0 Å². The van der Waals surface area contributed by atoms with Gasteiger partial charge in [-0.25, -0.2) is 21.1 Å². The van der Waals surface area contributed by atoms with Gasteiger partial charge < -0.3 is 10.1 Å². The molecule has 0 aromatic rings. The molecule has 0 bridgehead atoms. The van der Waals surface area contributed by atoms with E-state index < -0.39 is 19.9 Å². The van der Waals surface area contributed by atoms with E-state index in [-0.39, 0.29) is 24.2 Å². The Hall–Kier alpha value is -0.220. The van der Waals surface area contributed by atoms with Crippen molar-refractivity contribution in [3.8, 4) is 0 Å². The van der Waals surface area contributed by atoms with Crippen molar-refractivity contribution in [3.05, 3.63) is 0 Å². The first-order valence-corrected chi connectivity index (χ1v) is 9.32. The van der Waals surface area contributed by atoms with Crippen molar-refractivity contribution in [2.45, 2.75) is 6.10 Å². The molecule has 0 amide bonds. The van der Waals surface area contributed by atoms with Gasteiger partial charge in [0.05, 0.1) is 24.2 Å². The molecule has 0 aromatic carbocycles. The summed E-state index contributed by atoms with van der Waals surface area (Å²) in [6.07, 6.45) is 0.841. The second kappa shape index (κ2) is 6.29. The summed E-state index contributed by atoms with van der Waals surface area (Å²) < 4.78 is 52.2. The number of morpholine rings is 1. The van der Waals surface area contributed by atoms with E-state index in [1.807, 2.05) is 0 Å². The molecule has 1 fully saturated rings. The molecule has 7 nitrogen and oxygen atoms in total. The van der Waals surface area contributed by atoms with Crippen LogP contribution in [0.5, 0.6) is 0 Å². The van der Waals surface area contributed by atoms with Gasteiger partial charge in [0.15, 0.2) is 0 Å². The Kier molecular flexibility index (Phi) is 5.53. The van der Waals surface area contributed by atoms with Crippen LogP contribution in [-0.2, 0) is 24.6 Å². The second-order valence-electron chi connectivity index (χ2n) is 4.42. The summed E-state index contributed by atoms with van der Waals surface area (Å²) in [7, 11) is -5.38. The Labute approximate surface area is 108 Å². The van der Waals surface area contributed by atoms with Gasteiger partial charge in [-0.05, 0) is 0 Å². The summed E-state index contributed by atoms with van der Waals surface area (Å²) in [6.45, 7) is 2.16. The molecular weight excluding hydrogens is 280 g/mol. The fourth-order valence-corrected chi connectivity index (χ4v) is 4.31. The van der Waals surface area contributed by atoms with Crippen LogP contribution in [0.15, 0.2) is 0 Å². The van der Waals surface area contributed by atoms with Crippen LogP contribution >= 0.6 is 0 Å². The third-order valence-electron chi connectivity index (χ3n) is 2.65. The highest BCUT2D eigenvalue weighted by Crippen LogP contribution is 2.05. The number of sulfone groups is 1. The molecule has 1 N–H and O–H groups in total. The third kappa shape index (κ3) is 5.61. The Morgan fingerprint density at radius 3 is 2.44 bits per heavy atom. The van der Waals surface area contributed by atoms with Gasteiger partial charge in [0.1, 0.15) is 9.84 Å². The van der Waals surface area contributed by atoms with Crippen LogP contribution < -0.4 is 5.32 Å². The Morgan fingerprint density at radius 2 is 1.94 bits per heavy atom. The third-order valence-corrected chi connectivity index (χ3v) is 5.68. The highest BCUT2D eigenvalue weighted by molar-refractivity contribution is 7.93. The van der Waals surface area contributed by atoms with Crippen molar-refractivity contribution in [2.24, 2.45) is 0 Å². The highest BCUT2D eigenvalue weighted by Gasteiger charge is 2.24. The summed E-state index contributed by atoms with van der Waals surface area (Å²) in [5.41, 5.74) is 0. The normalized spacial score (nSPS) is 22.3. The first-order valence-electron chi connectivity index (χ1n) is 5.65. The minimum atomic E-state index is -3.55. The molecule has 0 radical (unpaired) electrons. The first kappa shape index (κ1) is 15.8. The van der Waals surface area contributed by atoms with E-state index in [0.29, 0.717) is 13.2 Å². The second-order valence-corrected chi connectivity index (χ2v) is 8.88. The van der Waals surface area contributed by atoms with Gasteiger partial charge in [0.2, 0.25) is 10.0 Å². The van der Waals surface area contributed by atoms with E-state index in [0.717, 1.165) is 17.1 Å². The van der Waals surface area contributed by atoms with E-state index >= 15 is 0 Å². The first-order chi connectivity index (χ1) is 8.21. The topological polar surface area (TPSA) is 92.8 Å². The lowest BCUT2D eigenvalue weighted by molar-refractivity contribution is 0.0206. The summed E-state index contributed by atoms with van der Waals surface area (Å²) in [6, 6.07) is 0.